The van der Waals surface area contributed by atoms with E-state index in [1.807, 2.05) is 36.4 Å². The predicted octanol–water partition coefficient (Wildman–Crippen LogP) is 19.0. The minimum Gasteiger partial charge on any atom is -0.238 e. The van der Waals surface area contributed by atoms with Crippen LogP contribution >= 0.6 is 0 Å². The molecule has 0 spiro atoms. The lowest BCUT2D eigenvalue weighted by atomic mass is 10.00. The van der Waals surface area contributed by atoms with Gasteiger partial charge < -0.3 is 0 Å². The highest BCUT2D eigenvalue weighted by Gasteiger charge is 2.03. The molecule has 4 aromatic carbocycles. The second kappa shape index (κ2) is 33.9. The Kier molecular flexibility index (Phi) is 27.8. The van der Waals surface area contributed by atoms with Crippen molar-refractivity contribution in [3.8, 4) is 22.3 Å². The van der Waals surface area contributed by atoms with Gasteiger partial charge in [-0.05, 0) is 64.6 Å². The number of benzene rings is 4. The first-order chi connectivity index (χ1) is 30.2. The van der Waals surface area contributed by atoms with Crippen LogP contribution in [0, 0.1) is 6.57 Å². The maximum absolute atomic E-state index is 9.25. The minimum atomic E-state index is 0.106. The largest absolute Gasteiger partial charge is 0.238 e. The Bertz CT molecular complexity index is 1640. The number of hydrogen-bond donors (Lipinski definition) is 0. The van der Waals surface area contributed by atoms with E-state index in [4.69, 9.17) is 6.57 Å². The molecule has 2 radical (unpaired) electrons. The molecule has 0 atom stereocenters. The number of nitrogens with zero attached hydrogens (tertiary/aromatic N) is 2. The maximum atomic E-state index is 9.25. The van der Waals surface area contributed by atoms with Crippen LogP contribution in [0.5, 0.6) is 0 Å². The zero-order valence-corrected chi connectivity index (χ0v) is 38.7. The van der Waals surface area contributed by atoms with Gasteiger partial charge >= 0.3 is 0 Å². The van der Waals surface area contributed by atoms with Gasteiger partial charge in [0.15, 0.2) is 5.69 Å². The van der Waals surface area contributed by atoms with Gasteiger partial charge in [0.1, 0.15) is 0 Å². The molecule has 0 aliphatic rings. The topological polar surface area (TPSA) is 26.7 Å². The number of rotatable bonds is 37. The van der Waals surface area contributed by atoms with Crippen LogP contribution < -0.4 is 5.73 Å². The Morgan fingerprint density at radius 3 is 0.672 bits per heavy atom. The van der Waals surface area contributed by atoms with Crippen LogP contribution in [0.3, 0.4) is 0 Å². The van der Waals surface area contributed by atoms with Crippen molar-refractivity contribution in [2.24, 2.45) is 0 Å². The second-order valence-electron chi connectivity index (χ2n) is 18.4. The van der Waals surface area contributed by atoms with Gasteiger partial charge in [0.2, 0.25) is 0 Å². The molecule has 0 saturated carbocycles. The van der Waals surface area contributed by atoms with Crippen molar-refractivity contribution in [2.75, 3.05) is 0 Å². The molecule has 330 valence electrons. The Labute approximate surface area is 375 Å². The summed E-state index contributed by atoms with van der Waals surface area (Å²) in [6.07, 6.45) is 46.7. The predicted molar refractivity (Wildman–Crippen MR) is 266 cm³/mol. The van der Waals surface area contributed by atoms with E-state index in [0.717, 1.165) is 5.56 Å². The molecule has 0 N–H and O–H groups in total. The molecule has 0 fully saturated rings. The van der Waals surface area contributed by atoms with Gasteiger partial charge in [-0.15, -0.1) is 5.73 Å². The van der Waals surface area contributed by atoms with Crippen molar-refractivity contribution in [3.05, 3.63) is 125 Å². The molecule has 0 amide bonds. The van der Waals surface area contributed by atoms with Crippen molar-refractivity contribution in [3.63, 3.8) is 0 Å². The quantitative estimate of drug-likeness (QED) is 0.0320. The maximum Gasteiger partial charge on any atom is 0.187 e. The first-order valence-electron chi connectivity index (χ1n) is 25.6. The first kappa shape index (κ1) is 50.0. The van der Waals surface area contributed by atoms with Gasteiger partial charge in [-0.2, -0.15) is 0 Å². The molecule has 4 rings (SSSR count). The first-order valence-corrected chi connectivity index (χ1v) is 25.6. The van der Waals surface area contributed by atoms with Gasteiger partial charge in [0.25, 0.3) is 0 Å². The van der Waals surface area contributed by atoms with Crippen molar-refractivity contribution >= 4 is 5.69 Å². The zero-order valence-electron chi connectivity index (χ0n) is 38.7. The SMILES string of the molecule is [C-]#[N+]c1ccc(-c2ccc(CCCCCCCCCCCCCCCCCCCCCCCCCCCCCCCCCc3ccc(-c4ccc(C[N])cc4)cc3)cc2)cc1. The van der Waals surface area contributed by atoms with E-state index in [-0.39, 0.29) is 6.54 Å². The van der Waals surface area contributed by atoms with E-state index in [0.29, 0.717) is 5.69 Å². The Morgan fingerprint density at radius 2 is 0.459 bits per heavy atom. The molecule has 0 unspecified atom stereocenters. The summed E-state index contributed by atoms with van der Waals surface area (Å²) in [6.45, 7) is 7.22. The summed E-state index contributed by atoms with van der Waals surface area (Å²) in [5, 5.41) is 0. The zero-order chi connectivity index (χ0) is 42.7. The smallest absolute Gasteiger partial charge is 0.187 e. The normalized spacial score (nSPS) is 11.3. The minimum absolute atomic E-state index is 0.106. The molecule has 2 nitrogen and oxygen atoms in total. The molecule has 0 aliphatic heterocycles. The summed E-state index contributed by atoms with van der Waals surface area (Å²) in [5.41, 5.74) is 18.7. The van der Waals surface area contributed by atoms with E-state index in [1.165, 1.54) is 245 Å². The Balaban J connectivity index is 0.780. The van der Waals surface area contributed by atoms with Gasteiger partial charge in [-0.3, -0.25) is 0 Å². The third-order valence-electron chi connectivity index (χ3n) is 13.1. The molecular weight excluding hydrogens is 737 g/mol. The standard InChI is InChI=1S/C59H84N2/c1-61-59-49-47-58(48-50-59)56-43-37-53(38-44-56)34-32-30-28-26-24-22-20-18-16-14-12-10-8-6-4-2-3-5-7-9-11-13-15-17-19-21-23-25-27-29-31-33-52-35-41-55(42-36-52)57-45-39-54(51-60)40-46-57/h35-50H,2-34,51H2. The van der Waals surface area contributed by atoms with Crippen LogP contribution in [0.25, 0.3) is 27.1 Å². The highest BCUT2D eigenvalue weighted by Crippen LogP contribution is 2.25. The van der Waals surface area contributed by atoms with Crippen molar-refractivity contribution in [1.29, 1.82) is 0 Å². The third-order valence-corrected chi connectivity index (χ3v) is 13.1. The van der Waals surface area contributed by atoms with Gasteiger partial charge in [0.05, 0.1) is 13.1 Å². The summed E-state index contributed by atoms with van der Waals surface area (Å²) in [4.78, 5) is 3.49. The second-order valence-corrected chi connectivity index (χ2v) is 18.4. The number of aryl methyl sites for hydroxylation is 2. The van der Waals surface area contributed by atoms with Crippen LogP contribution in [0.1, 0.15) is 216 Å². The van der Waals surface area contributed by atoms with Gasteiger partial charge in [-0.1, -0.05) is 283 Å². The number of unbranched alkanes of at least 4 members (excludes halogenated alkanes) is 30. The van der Waals surface area contributed by atoms with E-state index in [9.17, 15) is 5.73 Å². The molecule has 61 heavy (non-hydrogen) atoms. The fourth-order valence-electron chi connectivity index (χ4n) is 9.04. The van der Waals surface area contributed by atoms with Crippen LogP contribution in [0.2, 0.25) is 0 Å². The van der Waals surface area contributed by atoms with Crippen LogP contribution in [-0.4, -0.2) is 0 Å². The van der Waals surface area contributed by atoms with Crippen LogP contribution in [0.4, 0.5) is 5.69 Å². The molecule has 0 saturated heterocycles. The van der Waals surface area contributed by atoms with Crippen molar-refractivity contribution in [1.82, 2.24) is 5.73 Å². The van der Waals surface area contributed by atoms with E-state index in [2.05, 4.69) is 65.5 Å². The summed E-state index contributed by atoms with van der Waals surface area (Å²) in [6, 6.07) is 34.2. The average Bonchev–Trinajstić information content (AvgIpc) is 3.31. The summed E-state index contributed by atoms with van der Waals surface area (Å²) in [7, 11) is 0. The highest BCUT2D eigenvalue weighted by molar-refractivity contribution is 5.66. The molecule has 0 aromatic heterocycles. The lowest BCUT2D eigenvalue weighted by Gasteiger charge is -2.06. The third kappa shape index (κ3) is 23.4. The van der Waals surface area contributed by atoms with Crippen LogP contribution in [-0.2, 0) is 19.4 Å². The van der Waals surface area contributed by atoms with Crippen LogP contribution in [0.15, 0.2) is 97.1 Å². The summed E-state index contributed by atoms with van der Waals surface area (Å²) < 4.78 is 0. The van der Waals surface area contributed by atoms with Gasteiger partial charge in [0, 0.05) is 0 Å². The number of hydrogen-bond acceptors (Lipinski definition) is 0. The highest BCUT2D eigenvalue weighted by atomic mass is 14.6. The summed E-state index contributed by atoms with van der Waals surface area (Å²) in [5.74, 6) is 0. The lowest BCUT2D eigenvalue weighted by Crippen LogP contribution is -1.88. The summed E-state index contributed by atoms with van der Waals surface area (Å²) >= 11 is 0. The van der Waals surface area contributed by atoms with E-state index in [1.54, 1.807) is 0 Å². The average molecular weight is 821 g/mol. The van der Waals surface area contributed by atoms with E-state index < -0.39 is 0 Å². The molecule has 2 heteroatoms. The Hall–Kier alpha value is -3.67. The van der Waals surface area contributed by atoms with Crippen molar-refractivity contribution < 1.29 is 0 Å². The lowest BCUT2D eigenvalue weighted by molar-refractivity contribution is 0.512. The molecule has 0 bridgehead atoms. The molecule has 0 aliphatic carbocycles. The fourth-order valence-corrected chi connectivity index (χ4v) is 9.04. The monoisotopic (exact) mass is 821 g/mol. The van der Waals surface area contributed by atoms with E-state index >= 15 is 0 Å². The van der Waals surface area contributed by atoms with Gasteiger partial charge in [-0.25, -0.2) is 4.85 Å². The molecule has 4 aromatic rings. The molecular formula is C59H84N2. The molecule has 0 heterocycles. The van der Waals surface area contributed by atoms with Crippen molar-refractivity contribution in [2.45, 2.75) is 218 Å². The Morgan fingerprint density at radius 1 is 0.262 bits per heavy atom. The fraction of sp³-hybridized carbons (Fsp3) is 0.576.